The van der Waals surface area contributed by atoms with Crippen LogP contribution in [0.15, 0.2) is 55.1 Å². The van der Waals surface area contributed by atoms with Crippen LogP contribution in [0.4, 0.5) is 0 Å². The van der Waals surface area contributed by atoms with E-state index in [1.54, 1.807) is 0 Å². The highest BCUT2D eigenvalue weighted by Crippen LogP contribution is 2.37. The summed E-state index contributed by atoms with van der Waals surface area (Å²) in [4.78, 5) is 0. The van der Waals surface area contributed by atoms with Gasteiger partial charge in [-0.25, -0.2) is 0 Å². The van der Waals surface area contributed by atoms with Gasteiger partial charge in [-0.15, -0.1) is 6.58 Å². The minimum absolute atomic E-state index is 0.251. The van der Waals surface area contributed by atoms with Crippen molar-refractivity contribution in [3.05, 3.63) is 60.7 Å². The highest BCUT2D eigenvalue weighted by molar-refractivity contribution is 5.86. The average molecular weight is 238 g/mol. The van der Waals surface area contributed by atoms with E-state index in [2.05, 4.69) is 49.0 Å². The maximum Gasteiger partial charge on any atom is 0.0835 e. The van der Waals surface area contributed by atoms with Crippen LogP contribution in [0.5, 0.6) is 0 Å². The second kappa shape index (κ2) is 4.95. The molecule has 0 radical (unpaired) electrons. The Morgan fingerprint density at radius 2 is 1.94 bits per heavy atom. The van der Waals surface area contributed by atoms with Gasteiger partial charge in [0.15, 0.2) is 0 Å². The first kappa shape index (κ1) is 11.5. The number of benzene rings is 2. The van der Waals surface area contributed by atoms with Crippen molar-refractivity contribution in [2.24, 2.45) is 0 Å². The third-order valence-corrected chi connectivity index (χ3v) is 3.71. The highest BCUT2D eigenvalue weighted by Gasteiger charge is 2.26. The molecule has 2 aromatic rings. The van der Waals surface area contributed by atoms with Gasteiger partial charge in [0.05, 0.1) is 12.2 Å². The van der Waals surface area contributed by atoms with Crippen molar-refractivity contribution in [2.45, 2.75) is 31.5 Å². The molecular formula is C17H18O. The molecule has 18 heavy (non-hydrogen) atoms. The van der Waals surface area contributed by atoms with Crippen LogP contribution in [0.1, 0.15) is 30.9 Å². The Balaban J connectivity index is 1.93. The first-order valence-corrected chi connectivity index (χ1v) is 6.62. The molecule has 1 saturated heterocycles. The third kappa shape index (κ3) is 2.06. The summed E-state index contributed by atoms with van der Waals surface area (Å²) in [5.74, 6) is 0. The first-order chi connectivity index (χ1) is 8.88. The Labute approximate surface area is 108 Å². The van der Waals surface area contributed by atoms with Crippen LogP contribution < -0.4 is 0 Å². The van der Waals surface area contributed by atoms with E-state index in [-0.39, 0.29) is 6.10 Å². The van der Waals surface area contributed by atoms with E-state index < -0.39 is 0 Å². The molecule has 2 atom stereocenters. The molecule has 0 amide bonds. The summed E-state index contributed by atoms with van der Waals surface area (Å²) >= 11 is 0. The molecule has 0 bridgehead atoms. The van der Waals surface area contributed by atoms with E-state index in [1.165, 1.54) is 16.3 Å². The first-order valence-electron chi connectivity index (χ1n) is 6.62. The molecule has 0 aromatic heterocycles. The Hall–Kier alpha value is -1.60. The van der Waals surface area contributed by atoms with E-state index in [0.29, 0.717) is 6.10 Å². The second-order valence-electron chi connectivity index (χ2n) is 4.92. The Morgan fingerprint density at radius 3 is 2.83 bits per heavy atom. The molecule has 0 saturated carbocycles. The van der Waals surface area contributed by atoms with Gasteiger partial charge in [0.2, 0.25) is 0 Å². The summed E-state index contributed by atoms with van der Waals surface area (Å²) in [6, 6.07) is 15.0. The Morgan fingerprint density at radius 1 is 1.11 bits per heavy atom. The van der Waals surface area contributed by atoms with Crippen LogP contribution in [-0.2, 0) is 4.74 Å². The average Bonchev–Trinajstić information content (AvgIpc) is 2.87. The molecular weight excluding hydrogens is 220 g/mol. The van der Waals surface area contributed by atoms with Gasteiger partial charge in [-0.1, -0.05) is 48.5 Å². The van der Waals surface area contributed by atoms with Crippen molar-refractivity contribution in [3.8, 4) is 0 Å². The summed E-state index contributed by atoms with van der Waals surface area (Å²) in [7, 11) is 0. The van der Waals surface area contributed by atoms with Crippen molar-refractivity contribution >= 4 is 10.8 Å². The van der Waals surface area contributed by atoms with Crippen LogP contribution in [0.3, 0.4) is 0 Å². The fourth-order valence-corrected chi connectivity index (χ4v) is 2.82. The molecule has 3 rings (SSSR count). The zero-order chi connectivity index (χ0) is 12.4. The smallest absolute Gasteiger partial charge is 0.0835 e. The van der Waals surface area contributed by atoms with Crippen molar-refractivity contribution in [1.29, 1.82) is 0 Å². The number of fused-ring (bicyclic) bond motifs is 1. The summed E-state index contributed by atoms with van der Waals surface area (Å²) < 4.78 is 6.12. The van der Waals surface area contributed by atoms with Gasteiger partial charge in [0, 0.05) is 0 Å². The lowest BCUT2D eigenvalue weighted by molar-refractivity contribution is 0.0474. The third-order valence-electron chi connectivity index (χ3n) is 3.71. The molecule has 1 heterocycles. The van der Waals surface area contributed by atoms with Crippen molar-refractivity contribution in [1.82, 2.24) is 0 Å². The lowest BCUT2D eigenvalue weighted by atomic mass is 9.99. The van der Waals surface area contributed by atoms with Gasteiger partial charge >= 0.3 is 0 Å². The van der Waals surface area contributed by atoms with Crippen LogP contribution >= 0.6 is 0 Å². The van der Waals surface area contributed by atoms with E-state index in [0.717, 1.165) is 19.3 Å². The van der Waals surface area contributed by atoms with Gasteiger partial charge in [0.25, 0.3) is 0 Å². The van der Waals surface area contributed by atoms with Crippen molar-refractivity contribution in [3.63, 3.8) is 0 Å². The molecule has 0 aliphatic carbocycles. The zero-order valence-corrected chi connectivity index (χ0v) is 10.5. The van der Waals surface area contributed by atoms with E-state index in [4.69, 9.17) is 4.74 Å². The summed E-state index contributed by atoms with van der Waals surface area (Å²) in [6.45, 7) is 3.79. The van der Waals surface area contributed by atoms with E-state index in [1.807, 2.05) is 6.08 Å². The van der Waals surface area contributed by atoms with Crippen LogP contribution in [-0.4, -0.2) is 6.10 Å². The predicted molar refractivity (Wildman–Crippen MR) is 75.6 cm³/mol. The fraction of sp³-hybridized carbons (Fsp3) is 0.294. The summed E-state index contributed by atoms with van der Waals surface area (Å²) in [5.41, 5.74) is 1.33. The number of rotatable bonds is 3. The predicted octanol–water partition coefficient (Wildman–Crippen LogP) is 4.64. The zero-order valence-electron chi connectivity index (χ0n) is 10.5. The fourth-order valence-electron chi connectivity index (χ4n) is 2.82. The number of ether oxygens (including phenoxy) is 1. The lowest BCUT2D eigenvalue weighted by Gasteiger charge is -2.15. The molecule has 1 nitrogen and oxygen atoms in total. The minimum Gasteiger partial charge on any atom is -0.370 e. The van der Waals surface area contributed by atoms with Crippen LogP contribution in [0, 0.1) is 0 Å². The van der Waals surface area contributed by atoms with Gasteiger partial charge in [-0.05, 0) is 35.6 Å². The van der Waals surface area contributed by atoms with E-state index >= 15 is 0 Å². The molecule has 0 spiro atoms. The Kier molecular flexibility index (Phi) is 3.16. The maximum atomic E-state index is 6.12. The number of hydrogen-bond donors (Lipinski definition) is 0. The van der Waals surface area contributed by atoms with Gasteiger partial charge in [0.1, 0.15) is 0 Å². The topological polar surface area (TPSA) is 9.23 Å². The molecule has 1 aliphatic rings. The normalized spacial score (nSPS) is 23.3. The molecule has 0 N–H and O–H groups in total. The Bertz CT molecular complexity index is 553. The molecule has 0 unspecified atom stereocenters. The van der Waals surface area contributed by atoms with Crippen molar-refractivity contribution < 1.29 is 4.74 Å². The quantitative estimate of drug-likeness (QED) is 0.708. The standard InChI is InChI=1S/C17H18O/c1-2-6-14-11-12-17(18-14)16-10-5-8-13-7-3-4-9-15(13)16/h2-5,7-10,14,17H,1,6,11-12H2/t14-,17+/m0/s1. The van der Waals surface area contributed by atoms with Crippen LogP contribution in [0.2, 0.25) is 0 Å². The molecule has 2 aromatic carbocycles. The maximum absolute atomic E-state index is 6.12. The van der Waals surface area contributed by atoms with Crippen LogP contribution in [0.25, 0.3) is 10.8 Å². The molecule has 1 aliphatic heterocycles. The second-order valence-corrected chi connectivity index (χ2v) is 4.92. The van der Waals surface area contributed by atoms with E-state index in [9.17, 15) is 0 Å². The van der Waals surface area contributed by atoms with Crippen molar-refractivity contribution in [2.75, 3.05) is 0 Å². The van der Waals surface area contributed by atoms with Gasteiger partial charge in [-0.3, -0.25) is 0 Å². The monoisotopic (exact) mass is 238 g/mol. The molecule has 1 heteroatoms. The lowest BCUT2D eigenvalue weighted by Crippen LogP contribution is -2.05. The summed E-state index contributed by atoms with van der Waals surface area (Å²) in [5, 5.41) is 2.62. The SMILES string of the molecule is C=CC[C@H]1CC[C@H](c2cccc3ccccc23)O1. The molecule has 1 fully saturated rings. The number of hydrogen-bond acceptors (Lipinski definition) is 1. The minimum atomic E-state index is 0.251. The molecule has 92 valence electrons. The van der Waals surface area contributed by atoms with Gasteiger partial charge in [-0.2, -0.15) is 0 Å². The largest absolute Gasteiger partial charge is 0.370 e. The highest BCUT2D eigenvalue weighted by atomic mass is 16.5. The summed E-state index contributed by atoms with van der Waals surface area (Å²) in [6.07, 6.45) is 5.77. The van der Waals surface area contributed by atoms with Gasteiger partial charge < -0.3 is 4.74 Å².